The second kappa shape index (κ2) is 10.2. The summed E-state index contributed by atoms with van der Waals surface area (Å²) in [5.74, 6) is -0.586. The Morgan fingerprint density at radius 2 is 1.81 bits per heavy atom. The summed E-state index contributed by atoms with van der Waals surface area (Å²) in [5, 5.41) is 0. The molecule has 9 nitrogen and oxygen atoms in total. The van der Waals surface area contributed by atoms with Gasteiger partial charge < -0.3 is 33.2 Å². The van der Waals surface area contributed by atoms with Crippen molar-refractivity contribution in [2.24, 2.45) is 11.3 Å². The fraction of sp³-hybridized carbons (Fsp3) is 0.652. The normalized spacial score (nSPS) is 31.2. The average molecular weight is 453 g/mol. The lowest BCUT2D eigenvalue weighted by atomic mass is 9.59. The molecule has 1 aromatic rings. The SMILES string of the molecule is COCOC[C@@H]1[C@@]2(CO2)[C@@H](OC(C)=O)C[C@H](OCc2ccc(OC)cc2)[C@@]1(C)C(=O)OC. The molecule has 1 saturated carbocycles. The predicted octanol–water partition coefficient (Wildman–Crippen LogP) is 2.10. The van der Waals surface area contributed by atoms with Crippen LogP contribution in [0.5, 0.6) is 5.75 Å². The van der Waals surface area contributed by atoms with Gasteiger partial charge in [0, 0.05) is 26.4 Å². The Hall–Kier alpha value is -2.20. The first kappa shape index (κ1) is 24.4. The van der Waals surface area contributed by atoms with E-state index in [-0.39, 0.29) is 20.0 Å². The first-order valence-corrected chi connectivity index (χ1v) is 10.5. The topological polar surface area (TPSA) is 102 Å². The van der Waals surface area contributed by atoms with Crippen LogP contribution in [0, 0.1) is 11.3 Å². The number of ether oxygens (including phenoxy) is 7. The maximum absolute atomic E-state index is 13.1. The van der Waals surface area contributed by atoms with Crippen molar-refractivity contribution in [2.75, 3.05) is 41.3 Å². The molecule has 0 bridgehead atoms. The first-order chi connectivity index (χ1) is 15.3. The molecule has 1 aliphatic carbocycles. The van der Waals surface area contributed by atoms with E-state index in [2.05, 4.69) is 0 Å². The lowest BCUT2D eigenvalue weighted by Crippen LogP contribution is -2.63. The number of hydrogen-bond acceptors (Lipinski definition) is 9. The molecule has 0 unspecified atom stereocenters. The fourth-order valence-corrected chi connectivity index (χ4v) is 4.63. The van der Waals surface area contributed by atoms with Crippen LogP contribution in [0.2, 0.25) is 0 Å². The molecule has 1 aliphatic heterocycles. The largest absolute Gasteiger partial charge is 0.497 e. The van der Waals surface area contributed by atoms with Gasteiger partial charge in [-0.2, -0.15) is 0 Å². The van der Waals surface area contributed by atoms with Crippen molar-refractivity contribution in [2.45, 2.75) is 44.7 Å². The van der Waals surface area contributed by atoms with E-state index in [9.17, 15) is 9.59 Å². The van der Waals surface area contributed by atoms with Gasteiger partial charge in [-0.05, 0) is 24.6 Å². The quantitative estimate of drug-likeness (QED) is 0.229. The lowest BCUT2D eigenvalue weighted by molar-refractivity contribution is -0.210. The van der Waals surface area contributed by atoms with Crippen molar-refractivity contribution in [3.63, 3.8) is 0 Å². The van der Waals surface area contributed by atoms with Gasteiger partial charge in [-0.15, -0.1) is 0 Å². The molecule has 1 heterocycles. The van der Waals surface area contributed by atoms with Crippen LogP contribution in [0.15, 0.2) is 24.3 Å². The maximum Gasteiger partial charge on any atom is 0.314 e. The van der Waals surface area contributed by atoms with Gasteiger partial charge in [0.2, 0.25) is 0 Å². The highest BCUT2D eigenvalue weighted by Crippen LogP contribution is 2.57. The number of benzene rings is 1. The van der Waals surface area contributed by atoms with Crippen LogP contribution >= 0.6 is 0 Å². The van der Waals surface area contributed by atoms with Crippen LogP contribution in [-0.2, 0) is 44.6 Å². The zero-order valence-corrected chi connectivity index (χ0v) is 19.3. The maximum atomic E-state index is 13.1. The minimum atomic E-state index is -1.10. The summed E-state index contributed by atoms with van der Waals surface area (Å²) < 4.78 is 38.8. The van der Waals surface area contributed by atoms with Crippen molar-refractivity contribution in [1.29, 1.82) is 0 Å². The molecule has 0 amide bonds. The van der Waals surface area contributed by atoms with Gasteiger partial charge in [-0.1, -0.05) is 12.1 Å². The zero-order chi connectivity index (χ0) is 23.4. The molecule has 3 rings (SSSR count). The Labute approximate surface area is 188 Å². The van der Waals surface area contributed by atoms with E-state index in [0.717, 1.165) is 11.3 Å². The third-order valence-corrected chi connectivity index (χ3v) is 6.46. The molecule has 2 aliphatic rings. The Morgan fingerprint density at radius 3 is 2.34 bits per heavy atom. The Morgan fingerprint density at radius 1 is 1.12 bits per heavy atom. The molecule has 1 saturated heterocycles. The van der Waals surface area contributed by atoms with E-state index < -0.39 is 41.1 Å². The molecule has 2 fully saturated rings. The minimum absolute atomic E-state index is 0.0550. The summed E-state index contributed by atoms with van der Waals surface area (Å²) >= 11 is 0. The highest BCUT2D eigenvalue weighted by atomic mass is 16.7. The van der Waals surface area contributed by atoms with Crippen LogP contribution in [-0.4, -0.2) is 71.1 Å². The summed E-state index contributed by atoms with van der Waals surface area (Å²) in [6, 6.07) is 7.47. The van der Waals surface area contributed by atoms with Gasteiger partial charge in [0.1, 0.15) is 24.2 Å². The van der Waals surface area contributed by atoms with Crippen molar-refractivity contribution in [1.82, 2.24) is 0 Å². The Kier molecular flexibility index (Phi) is 7.76. The number of epoxide rings is 1. The van der Waals surface area contributed by atoms with Gasteiger partial charge >= 0.3 is 11.9 Å². The molecule has 9 heteroatoms. The van der Waals surface area contributed by atoms with Crippen molar-refractivity contribution >= 4 is 11.9 Å². The van der Waals surface area contributed by atoms with Gasteiger partial charge in [-0.3, -0.25) is 9.59 Å². The average Bonchev–Trinajstić information content (AvgIpc) is 3.58. The highest BCUT2D eigenvalue weighted by molar-refractivity contribution is 5.78. The first-order valence-electron chi connectivity index (χ1n) is 10.5. The molecule has 0 N–H and O–H groups in total. The lowest BCUT2D eigenvalue weighted by Gasteiger charge is -2.50. The Balaban J connectivity index is 1.90. The van der Waals surface area contributed by atoms with E-state index in [1.807, 2.05) is 24.3 Å². The standard InChI is InChI=1S/C23H32O9/c1-15(24)32-20-10-19(30-11-16-6-8-17(27-4)9-7-16)22(2,21(25)28-5)18(12-29-14-26-3)23(20)13-31-23/h6-9,18-20H,10-14H2,1-5H3/t18-,19-,20-,22-,23-/m0/s1. The monoisotopic (exact) mass is 452 g/mol. The zero-order valence-electron chi connectivity index (χ0n) is 19.3. The van der Waals surface area contributed by atoms with Crippen LogP contribution in [0.4, 0.5) is 0 Å². The van der Waals surface area contributed by atoms with Gasteiger partial charge in [0.05, 0.1) is 45.6 Å². The molecule has 5 atom stereocenters. The van der Waals surface area contributed by atoms with E-state index >= 15 is 0 Å². The van der Waals surface area contributed by atoms with Gasteiger partial charge in [0.15, 0.2) is 0 Å². The summed E-state index contributed by atoms with van der Waals surface area (Å²) in [4.78, 5) is 24.9. The van der Waals surface area contributed by atoms with E-state index in [0.29, 0.717) is 13.0 Å². The van der Waals surface area contributed by atoms with Gasteiger partial charge in [0.25, 0.3) is 0 Å². The van der Waals surface area contributed by atoms with Crippen molar-refractivity contribution in [3.8, 4) is 5.75 Å². The van der Waals surface area contributed by atoms with E-state index in [4.69, 9.17) is 33.2 Å². The summed E-state index contributed by atoms with van der Waals surface area (Å²) in [6.07, 6.45) is -0.885. The molecule has 178 valence electrons. The fourth-order valence-electron chi connectivity index (χ4n) is 4.63. The molecule has 32 heavy (non-hydrogen) atoms. The second-order valence-corrected chi connectivity index (χ2v) is 8.33. The number of hydrogen-bond donors (Lipinski definition) is 0. The van der Waals surface area contributed by atoms with Crippen LogP contribution in [0.3, 0.4) is 0 Å². The van der Waals surface area contributed by atoms with Crippen LogP contribution in [0.1, 0.15) is 25.8 Å². The summed E-state index contributed by atoms with van der Waals surface area (Å²) in [6.45, 7) is 3.97. The number of rotatable bonds is 10. The number of methoxy groups -OCH3 is 3. The smallest absolute Gasteiger partial charge is 0.314 e. The summed E-state index contributed by atoms with van der Waals surface area (Å²) in [5.41, 5.74) is -1.01. The minimum Gasteiger partial charge on any atom is -0.497 e. The molecule has 1 spiro atoms. The van der Waals surface area contributed by atoms with Crippen molar-refractivity contribution in [3.05, 3.63) is 29.8 Å². The number of carbonyl (C=O) groups is 2. The Bertz CT molecular complexity index is 789. The number of esters is 2. The third-order valence-electron chi connectivity index (χ3n) is 6.46. The van der Waals surface area contributed by atoms with Gasteiger partial charge in [-0.25, -0.2) is 0 Å². The van der Waals surface area contributed by atoms with Crippen LogP contribution < -0.4 is 4.74 Å². The van der Waals surface area contributed by atoms with E-state index in [1.54, 1.807) is 14.0 Å². The summed E-state index contributed by atoms with van der Waals surface area (Å²) in [7, 11) is 4.47. The highest BCUT2D eigenvalue weighted by Gasteiger charge is 2.71. The molecule has 0 radical (unpaired) electrons. The third kappa shape index (κ3) is 4.76. The van der Waals surface area contributed by atoms with Crippen molar-refractivity contribution < 1.29 is 42.7 Å². The predicted molar refractivity (Wildman–Crippen MR) is 112 cm³/mol. The molecule has 1 aromatic carbocycles. The number of carbonyl (C=O) groups excluding carboxylic acids is 2. The van der Waals surface area contributed by atoms with Crippen LogP contribution in [0.25, 0.3) is 0 Å². The molecule has 0 aromatic heterocycles. The second-order valence-electron chi connectivity index (χ2n) is 8.33. The molecular formula is C23H32O9. The van der Waals surface area contributed by atoms with E-state index in [1.165, 1.54) is 21.1 Å². The molecular weight excluding hydrogens is 420 g/mol.